The molecule has 3 N–H and O–H groups in total. The van der Waals surface area contributed by atoms with Crippen molar-refractivity contribution in [2.24, 2.45) is 0 Å². The maximum absolute atomic E-state index is 11.1. The molecule has 0 atom stereocenters. The largest absolute Gasteiger partial charge is 0.507 e. The van der Waals surface area contributed by atoms with Crippen molar-refractivity contribution in [1.82, 2.24) is 0 Å². The van der Waals surface area contributed by atoms with Crippen LogP contribution in [0.2, 0.25) is 0 Å². The predicted octanol–water partition coefficient (Wildman–Crippen LogP) is 3.75. The monoisotopic (exact) mass is 294 g/mol. The minimum absolute atomic E-state index is 0.0431. The molecule has 0 spiro atoms. The fourth-order valence-corrected chi connectivity index (χ4v) is 2.53. The molecule has 1 rings (SSSR count). The van der Waals surface area contributed by atoms with E-state index >= 15 is 0 Å². The van der Waals surface area contributed by atoms with Gasteiger partial charge in [0.2, 0.25) is 0 Å². The topological polar surface area (TPSA) is 77.8 Å². The molecule has 0 amide bonds. The maximum Gasteiger partial charge on any atom is 0.339 e. The average molecular weight is 294 g/mol. The first-order valence-corrected chi connectivity index (χ1v) is 7.82. The SMILES string of the molecule is O=C(O)c1c(O)cccc1CCCCCCCCCCO. The van der Waals surface area contributed by atoms with Crippen LogP contribution in [0, 0.1) is 0 Å². The Bertz CT molecular complexity index is 429. The molecule has 0 radical (unpaired) electrons. The van der Waals surface area contributed by atoms with Gasteiger partial charge in [-0.25, -0.2) is 4.79 Å². The quantitative estimate of drug-likeness (QED) is 0.543. The summed E-state index contributed by atoms with van der Waals surface area (Å²) in [7, 11) is 0. The molecule has 0 aliphatic heterocycles. The van der Waals surface area contributed by atoms with Crippen LogP contribution < -0.4 is 0 Å². The van der Waals surface area contributed by atoms with E-state index in [0.717, 1.165) is 32.1 Å². The molecule has 0 aliphatic rings. The second kappa shape index (κ2) is 10.2. The van der Waals surface area contributed by atoms with Crippen molar-refractivity contribution in [3.05, 3.63) is 29.3 Å². The average Bonchev–Trinajstić information content (AvgIpc) is 2.45. The van der Waals surface area contributed by atoms with E-state index in [1.165, 1.54) is 25.3 Å². The minimum Gasteiger partial charge on any atom is -0.507 e. The molecule has 0 unspecified atom stereocenters. The lowest BCUT2D eigenvalue weighted by atomic mass is 9.99. The summed E-state index contributed by atoms with van der Waals surface area (Å²) in [6.07, 6.45) is 9.44. The molecule has 118 valence electrons. The molecular formula is C17H26O4. The van der Waals surface area contributed by atoms with Crippen molar-refractivity contribution >= 4 is 5.97 Å². The fraction of sp³-hybridized carbons (Fsp3) is 0.588. The van der Waals surface area contributed by atoms with Crippen LogP contribution in [-0.2, 0) is 6.42 Å². The number of aromatic hydroxyl groups is 1. The first-order chi connectivity index (χ1) is 10.2. The zero-order valence-electron chi connectivity index (χ0n) is 12.6. The van der Waals surface area contributed by atoms with E-state index in [0.29, 0.717) is 12.0 Å². The van der Waals surface area contributed by atoms with Gasteiger partial charge in [-0.3, -0.25) is 0 Å². The number of aliphatic hydroxyl groups is 1. The lowest BCUT2D eigenvalue weighted by Crippen LogP contribution is -2.03. The van der Waals surface area contributed by atoms with Crippen LogP contribution in [0.15, 0.2) is 18.2 Å². The molecule has 1 aromatic carbocycles. The Kier molecular flexibility index (Phi) is 8.51. The number of carbonyl (C=O) groups is 1. The highest BCUT2D eigenvalue weighted by molar-refractivity contribution is 5.92. The lowest BCUT2D eigenvalue weighted by Gasteiger charge is -2.07. The summed E-state index contributed by atoms with van der Waals surface area (Å²) < 4.78 is 0. The number of carboxylic acid groups (broad SMARTS) is 1. The molecule has 0 fully saturated rings. The van der Waals surface area contributed by atoms with Crippen LogP contribution in [0.5, 0.6) is 5.75 Å². The summed E-state index contributed by atoms with van der Waals surface area (Å²) in [4.78, 5) is 11.1. The molecule has 21 heavy (non-hydrogen) atoms. The highest BCUT2D eigenvalue weighted by Crippen LogP contribution is 2.23. The van der Waals surface area contributed by atoms with Crippen molar-refractivity contribution in [1.29, 1.82) is 0 Å². The van der Waals surface area contributed by atoms with Gasteiger partial charge in [0.1, 0.15) is 11.3 Å². The number of unbranched alkanes of at least 4 members (excludes halogenated alkanes) is 7. The zero-order valence-corrected chi connectivity index (χ0v) is 12.6. The standard InChI is InChI=1S/C17H26O4/c18-13-8-6-4-2-1-3-5-7-10-14-11-9-12-15(19)16(14)17(20)21/h9,11-12,18-19H,1-8,10,13H2,(H,20,21). The van der Waals surface area contributed by atoms with Gasteiger partial charge in [0.25, 0.3) is 0 Å². The Morgan fingerprint density at radius 2 is 1.48 bits per heavy atom. The Hall–Kier alpha value is -1.55. The van der Waals surface area contributed by atoms with Crippen molar-refractivity contribution in [3.8, 4) is 5.75 Å². The molecule has 0 aromatic heterocycles. The third-order valence-electron chi connectivity index (χ3n) is 3.70. The van der Waals surface area contributed by atoms with Gasteiger partial charge in [-0.1, -0.05) is 50.7 Å². The Morgan fingerprint density at radius 3 is 2.05 bits per heavy atom. The molecule has 0 bridgehead atoms. The second-order valence-corrected chi connectivity index (χ2v) is 5.42. The first kappa shape index (κ1) is 17.5. The van der Waals surface area contributed by atoms with E-state index in [4.69, 9.17) is 10.2 Å². The van der Waals surface area contributed by atoms with Crippen LogP contribution >= 0.6 is 0 Å². The van der Waals surface area contributed by atoms with E-state index in [9.17, 15) is 9.90 Å². The summed E-state index contributed by atoms with van der Waals surface area (Å²) in [5.74, 6) is -1.21. The van der Waals surface area contributed by atoms with E-state index in [2.05, 4.69) is 0 Å². The maximum atomic E-state index is 11.1. The molecule has 0 saturated heterocycles. The van der Waals surface area contributed by atoms with Crippen molar-refractivity contribution in [2.45, 2.75) is 57.8 Å². The number of benzene rings is 1. The van der Waals surface area contributed by atoms with Crippen LogP contribution in [-0.4, -0.2) is 27.9 Å². The zero-order chi connectivity index (χ0) is 15.5. The normalized spacial score (nSPS) is 10.7. The number of hydrogen-bond acceptors (Lipinski definition) is 3. The van der Waals surface area contributed by atoms with Crippen molar-refractivity contribution in [2.75, 3.05) is 6.61 Å². The van der Waals surface area contributed by atoms with Gasteiger partial charge in [-0.2, -0.15) is 0 Å². The third kappa shape index (κ3) is 6.63. The molecule has 0 saturated carbocycles. The van der Waals surface area contributed by atoms with Gasteiger partial charge < -0.3 is 15.3 Å². The number of aromatic carboxylic acids is 1. The van der Waals surface area contributed by atoms with E-state index in [1.807, 2.05) is 0 Å². The van der Waals surface area contributed by atoms with Gasteiger partial charge in [0.05, 0.1) is 0 Å². The molecular weight excluding hydrogens is 268 g/mol. The Morgan fingerprint density at radius 1 is 0.905 bits per heavy atom. The summed E-state index contributed by atoms with van der Waals surface area (Å²) >= 11 is 0. The number of phenols is 1. The molecule has 0 aliphatic carbocycles. The first-order valence-electron chi connectivity index (χ1n) is 7.82. The lowest BCUT2D eigenvalue weighted by molar-refractivity contribution is 0.0692. The molecule has 1 aromatic rings. The van der Waals surface area contributed by atoms with E-state index in [-0.39, 0.29) is 17.9 Å². The number of aryl methyl sites for hydroxylation is 1. The fourth-order valence-electron chi connectivity index (χ4n) is 2.53. The van der Waals surface area contributed by atoms with Crippen LogP contribution in [0.4, 0.5) is 0 Å². The molecule has 4 heteroatoms. The predicted molar refractivity (Wildman–Crippen MR) is 82.8 cm³/mol. The van der Waals surface area contributed by atoms with Crippen LogP contribution in [0.25, 0.3) is 0 Å². The Balaban J connectivity index is 2.21. The minimum atomic E-state index is -1.06. The Labute approximate surface area is 126 Å². The number of carboxylic acids is 1. The molecule has 4 nitrogen and oxygen atoms in total. The molecule has 0 heterocycles. The van der Waals surface area contributed by atoms with Gasteiger partial charge in [0, 0.05) is 6.61 Å². The summed E-state index contributed by atoms with van der Waals surface area (Å²) in [6.45, 7) is 0.288. The number of rotatable bonds is 11. The smallest absolute Gasteiger partial charge is 0.339 e. The third-order valence-corrected chi connectivity index (χ3v) is 3.70. The highest BCUT2D eigenvalue weighted by Gasteiger charge is 2.14. The van der Waals surface area contributed by atoms with Crippen LogP contribution in [0.1, 0.15) is 67.3 Å². The second-order valence-electron chi connectivity index (χ2n) is 5.42. The summed E-state index contributed by atoms with van der Waals surface area (Å²) in [5, 5.41) is 27.4. The van der Waals surface area contributed by atoms with Crippen LogP contribution in [0.3, 0.4) is 0 Å². The number of hydrogen-bond donors (Lipinski definition) is 3. The number of aliphatic hydroxyl groups excluding tert-OH is 1. The van der Waals surface area contributed by atoms with Gasteiger partial charge >= 0.3 is 5.97 Å². The highest BCUT2D eigenvalue weighted by atomic mass is 16.4. The van der Waals surface area contributed by atoms with Gasteiger partial charge in [-0.05, 0) is 30.9 Å². The summed E-state index contributed by atoms with van der Waals surface area (Å²) in [6, 6.07) is 4.88. The van der Waals surface area contributed by atoms with Crippen molar-refractivity contribution in [3.63, 3.8) is 0 Å². The van der Waals surface area contributed by atoms with Gasteiger partial charge in [-0.15, -0.1) is 0 Å². The summed E-state index contributed by atoms with van der Waals surface area (Å²) in [5.41, 5.74) is 0.756. The van der Waals surface area contributed by atoms with E-state index < -0.39 is 5.97 Å². The van der Waals surface area contributed by atoms with Gasteiger partial charge in [0.15, 0.2) is 0 Å². The van der Waals surface area contributed by atoms with Crippen molar-refractivity contribution < 1.29 is 20.1 Å². The van der Waals surface area contributed by atoms with E-state index in [1.54, 1.807) is 12.1 Å².